The summed E-state index contributed by atoms with van der Waals surface area (Å²) in [7, 11) is 0. The van der Waals surface area contributed by atoms with Gasteiger partial charge in [-0.2, -0.15) is 0 Å². The van der Waals surface area contributed by atoms with Crippen LogP contribution in [0.1, 0.15) is 11.1 Å². The number of aromatic hydroxyl groups is 2. The Kier molecular flexibility index (Phi) is 4.94. The number of amides is 2. The number of para-hydroxylation sites is 1. The summed E-state index contributed by atoms with van der Waals surface area (Å²) in [6, 6.07) is 9.19. The van der Waals surface area contributed by atoms with Gasteiger partial charge in [0.15, 0.2) is 11.5 Å². The van der Waals surface area contributed by atoms with Crippen LogP contribution in [0.15, 0.2) is 41.3 Å². The summed E-state index contributed by atoms with van der Waals surface area (Å²) >= 11 is 12.7. The molecule has 25 heavy (non-hydrogen) atoms. The van der Waals surface area contributed by atoms with Gasteiger partial charge in [0.05, 0.1) is 11.4 Å². The van der Waals surface area contributed by atoms with Gasteiger partial charge >= 0.3 is 0 Å². The number of benzene rings is 2. The molecule has 1 saturated heterocycles. The van der Waals surface area contributed by atoms with E-state index in [9.17, 15) is 19.8 Å². The molecule has 0 aromatic heterocycles. The summed E-state index contributed by atoms with van der Waals surface area (Å²) < 4.78 is 0. The zero-order valence-corrected chi connectivity index (χ0v) is 14.9. The fourth-order valence-corrected chi connectivity index (χ4v) is 3.56. The Labute approximate surface area is 157 Å². The van der Waals surface area contributed by atoms with Crippen LogP contribution >= 0.6 is 35.0 Å². The Morgan fingerprint density at radius 3 is 2.60 bits per heavy atom. The molecule has 128 valence electrons. The maximum absolute atomic E-state index is 12.5. The number of imide groups is 1. The number of carbonyl (C=O) groups is 2. The third kappa shape index (κ3) is 3.61. The van der Waals surface area contributed by atoms with E-state index in [1.165, 1.54) is 30.3 Å². The molecule has 5 nitrogen and oxygen atoms in total. The summed E-state index contributed by atoms with van der Waals surface area (Å²) in [5.41, 5.74) is 0.838. The Bertz CT molecular complexity index is 914. The predicted octanol–water partition coefficient (Wildman–Crippen LogP) is 4.64. The number of phenols is 2. The van der Waals surface area contributed by atoms with Gasteiger partial charge in [-0.15, -0.1) is 0 Å². The molecule has 0 atom stereocenters. The van der Waals surface area contributed by atoms with Crippen molar-refractivity contribution in [3.63, 3.8) is 0 Å². The standard InChI is InChI=1S/C17H11Cl2NO4S/c18-11-5-4-10(12(19)7-11)8-20-16(23)14(25-17(20)24)6-9-2-1-3-13(21)15(9)22/h1-7,21-22H,8H2. The molecule has 1 aliphatic heterocycles. The molecule has 2 aromatic rings. The van der Waals surface area contributed by atoms with Gasteiger partial charge in [0.25, 0.3) is 11.1 Å². The molecule has 8 heteroatoms. The van der Waals surface area contributed by atoms with Crippen molar-refractivity contribution in [1.29, 1.82) is 0 Å². The van der Waals surface area contributed by atoms with Crippen LogP contribution in [0.5, 0.6) is 11.5 Å². The molecule has 2 N–H and O–H groups in total. The molecule has 0 spiro atoms. The Hall–Kier alpha value is -2.15. The van der Waals surface area contributed by atoms with Gasteiger partial charge in [0.1, 0.15) is 0 Å². The number of nitrogens with zero attached hydrogens (tertiary/aromatic N) is 1. The Balaban J connectivity index is 1.87. The van der Waals surface area contributed by atoms with E-state index in [1.54, 1.807) is 12.1 Å². The molecule has 1 heterocycles. The first-order chi connectivity index (χ1) is 11.9. The van der Waals surface area contributed by atoms with Crippen molar-refractivity contribution >= 4 is 52.2 Å². The normalized spacial score (nSPS) is 16.1. The van der Waals surface area contributed by atoms with E-state index in [0.29, 0.717) is 15.6 Å². The van der Waals surface area contributed by atoms with Gasteiger partial charge in [0, 0.05) is 15.6 Å². The highest BCUT2D eigenvalue weighted by molar-refractivity contribution is 8.18. The number of carbonyl (C=O) groups excluding carboxylic acids is 2. The maximum atomic E-state index is 12.5. The van der Waals surface area contributed by atoms with Crippen molar-refractivity contribution in [2.75, 3.05) is 0 Å². The number of rotatable bonds is 3. The first kappa shape index (κ1) is 17.7. The minimum atomic E-state index is -0.497. The third-order valence-electron chi connectivity index (χ3n) is 3.55. The summed E-state index contributed by atoms with van der Waals surface area (Å²) in [6.07, 6.45) is 1.36. The number of hydrogen-bond acceptors (Lipinski definition) is 5. The molecule has 2 amide bonds. The molecule has 0 aliphatic carbocycles. The highest BCUT2D eigenvalue weighted by atomic mass is 35.5. The number of hydrogen-bond donors (Lipinski definition) is 2. The van der Waals surface area contributed by atoms with Crippen LogP contribution in [-0.2, 0) is 11.3 Å². The van der Waals surface area contributed by atoms with Crippen molar-refractivity contribution in [1.82, 2.24) is 4.90 Å². The third-order valence-corrected chi connectivity index (χ3v) is 5.04. The second-order valence-electron chi connectivity index (χ2n) is 5.22. The maximum Gasteiger partial charge on any atom is 0.293 e. The number of phenolic OH excluding ortho intramolecular Hbond substituents is 2. The average Bonchev–Trinajstić information content (AvgIpc) is 2.81. The van der Waals surface area contributed by atoms with Gasteiger partial charge < -0.3 is 10.2 Å². The molecule has 1 fully saturated rings. The first-order valence-electron chi connectivity index (χ1n) is 7.07. The molecular formula is C17H11Cl2NO4S. The highest BCUT2D eigenvalue weighted by Crippen LogP contribution is 2.37. The second-order valence-corrected chi connectivity index (χ2v) is 7.06. The lowest BCUT2D eigenvalue weighted by Gasteiger charge is -2.13. The van der Waals surface area contributed by atoms with Gasteiger partial charge in [-0.05, 0) is 41.6 Å². The molecule has 0 unspecified atom stereocenters. The van der Waals surface area contributed by atoms with Crippen LogP contribution in [0, 0.1) is 0 Å². The van der Waals surface area contributed by atoms with Crippen LogP contribution in [0.2, 0.25) is 10.0 Å². The highest BCUT2D eigenvalue weighted by Gasteiger charge is 2.35. The summed E-state index contributed by atoms with van der Waals surface area (Å²) in [4.78, 5) is 25.9. The zero-order chi connectivity index (χ0) is 18.1. The van der Waals surface area contributed by atoms with Crippen LogP contribution in [0.4, 0.5) is 4.79 Å². The van der Waals surface area contributed by atoms with E-state index >= 15 is 0 Å². The average molecular weight is 396 g/mol. The van der Waals surface area contributed by atoms with Gasteiger partial charge in [-0.25, -0.2) is 0 Å². The Morgan fingerprint density at radius 2 is 1.88 bits per heavy atom. The van der Waals surface area contributed by atoms with Gasteiger partial charge in [-0.1, -0.05) is 41.4 Å². The van der Waals surface area contributed by atoms with Crippen molar-refractivity contribution in [2.45, 2.75) is 6.54 Å². The van der Waals surface area contributed by atoms with Crippen molar-refractivity contribution in [3.8, 4) is 11.5 Å². The number of halogens is 2. The van der Waals surface area contributed by atoms with Crippen molar-refractivity contribution < 1.29 is 19.8 Å². The summed E-state index contributed by atoms with van der Waals surface area (Å²) in [6.45, 7) is 0.0179. The zero-order valence-electron chi connectivity index (χ0n) is 12.6. The van der Waals surface area contributed by atoms with Crippen LogP contribution in [-0.4, -0.2) is 26.3 Å². The lowest BCUT2D eigenvalue weighted by molar-refractivity contribution is -0.123. The first-order valence-corrected chi connectivity index (χ1v) is 8.64. The molecular weight excluding hydrogens is 385 g/mol. The largest absolute Gasteiger partial charge is 0.504 e. The van der Waals surface area contributed by atoms with E-state index in [4.69, 9.17) is 23.2 Å². The van der Waals surface area contributed by atoms with E-state index in [1.807, 2.05) is 0 Å². The van der Waals surface area contributed by atoms with E-state index in [2.05, 4.69) is 0 Å². The van der Waals surface area contributed by atoms with E-state index in [0.717, 1.165) is 16.7 Å². The second kappa shape index (κ2) is 7.00. The number of thioether (sulfide) groups is 1. The Morgan fingerprint density at radius 1 is 1.12 bits per heavy atom. The molecule has 0 radical (unpaired) electrons. The van der Waals surface area contributed by atoms with E-state index in [-0.39, 0.29) is 28.5 Å². The van der Waals surface area contributed by atoms with E-state index < -0.39 is 11.1 Å². The van der Waals surface area contributed by atoms with Crippen LogP contribution < -0.4 is 0 Å². The topological polar surface area (TPSA) is 77.8 Å². The lowest BCUT2D eigenvalue weighted by Crippen LogP contribution is -2.27. The minimum Gasteiger partial charge on any atom is -0.504 e. The fraction of sp³-hybridized carbons (Fsp3) is 0.0588. The van der Waals surface area contributed by atoms with Gasteiger partial charge in [-0.3, -0.25) is 14.5 Å². The summed E-state index contributed by atoms with van der Waals surface area (Å²) in [5, 5.41) is 19.7. The smallest absolute Gasteiger partial charge is 0.293 e. The molecule has 1 aliphatic rings. The monoisotopic (exact) mass is 395 g/mol. The predicted molar refractivity (Wildman–Crippen MR) is 97.7 cm³/mol. The minimum absolute atomic E-state index is 0.0179. The van der Waals surface area contributed by atoms with Crippen molar-refractivity contribution in [2.24, 2.45) is 0 Å². The SMILES string of the molecule is O=C1SC(=Cc2cccc(O)c2O)C(=O)N1Cc1ccc(Cl)cc1Cl. The van der Waals surface area contributed by atoms with Gasteiger partial charge in [0.2, 0.25) is 0 Å². The lowest BCUT2D eigenvalue weighted by atomic mass is 10.1. The molecule has 3 rings (SSSR count). The van der Waals surface area contributed by atoms with Crippen LogP contribution in [0.25, 0.3) is 6.08 Å². The summed E-state index contributed by atoms with van der Waals surface area (Å²) in [5.74, 6) is -1.15. The molecule has 0 bridgehead atoms. The van der Waals surface area contributed by atoms with Crippen LogP contribution in [0.3, 0.4) is 0 Å². The molecule has 0 saturated carbocycles. The fourth-order valence-electron chi connectivity index (χ4n) is 2.26. The van der Waals surface area contributed by atoms with Crippen molar-refractivity contribution in [3.05, 3.63) is 62.5 Å². The quantitative estimate of drug-likeness (QED) is 0.584. The molecule has 2 aromatic carbocycles.